The molecule has 1 atom stereocenters. The minimum absolute atomic E-state index is 0.0790. The van der Waals surface area contributed by atoms with Gasteiger partial charge < -0.3 is 10.4 Å². The van der Waals surface area contributed by atoms with Crippen LogP contribution in [0.4, 0.5) is 5.69 Å². The predicted molar refractivity (Wildman–Crippen MR) is 75.7 cm³/mol. The Morgan fingerprint density at radius 2 is 2.17 bits per heavy atom. The van der Waals surface area contributed by atoms with Gasteiger partial charge in [0.25, 0.3) is 0 Å². The summed E-state index contributed by atoms with van der Waals surface area (Å²) in [6, 6.07) is 8.17. The van der Waals surface area contributed by atoms with Crippen LogP contribution in [0.25, 0.3) is 10.8 Å². The highest BCUT2D eigenvalue weighted by Gasteiger charge is 2.20. The van der Waals surface area contributed by atoms with Gasteiger partial charge in [-0.05, 0) is 23.9 Å². The Hall–Kier alpha value is -1.61. The Morgan fingerprint density at radius 3 is 2.89 bits per heavy atom. The summed E-state index contributed by atoms with van der Waals surface area (Å²) in [5.74, 6) is 0. The maximum absolute atomic E-state index is 9.42. The van der Waals surface area contributed by atoms with E-state index in [1.54, 1.807) is 6.20 Å². The third-order valence-electron chi connectivity index (χ3n) is 3.62. The van der Waals surface area contributed by atoms with Gasteiger partial charge in [-0.1, -0.05) is 26.0 Å². The van der Waals surface area contributed by atoms with Crippen LogP contribution in [0.1, 0.15) is 20.3 Å². The summed E-state index contributed by atoms with van der Waals surface area (Å²) in [5.41, 5.74) is 0.999. The zero-order valence-electron chi connectivity index (χ0n) is 11.0. The monoisotopic (exact) mass is 244 g/mol. The van der Waals surface area contributed by atoms with E-state index in [0.29, 0.717) is 0 Å². The van der Waals surface area contributed by atoms with E-state index in [9.17, 15) is 5.11 Å². The van der Waals surface area contributed by atoms with Crippen LogP contribution in [0.5, 0.6) is 0 Å². The van der Waals surface area contributed by atoms with Crippen LogP contribution >= 0.6 is 0 Å². The molecule has 0 saturated carbocycles. The summed E-state index contributed by atoms with van der Waals surface area (Å²) in [6.07, 6.45) is 4.62. The minimum atomic E-state index is -0.0790. The summed E-state index contributed by atoms with van der Waals surface area (Å²) >= 11 is 0. The first-order valence-electron chi connectivity index (χ1n) is 6.36. The van der Waals surface area contributed by atoms with Gasteiger partial charge in [0.15, 0.2) is 0 Å². The number of hydrogen-bond donors (Lipinski definition) is 2. The molecule has 0 aliphatic heterocycles. The molecule has 1 aromatic heterocycles. The number of aromatic nitrogens is 1. The van der Waals surface area contributed by atoms with Crippen LogP contribution in [0.3, 0.4) is 0 Å². The molecule has 0 spiro atoms. The van der Waals surface area contributed by atoms with Gasteiger partial charge in [-0.15, -0.1) is 0 Å². The largest absolute Gasteiger partial charge is 0.396 e. The fourth-order valence-corrected chi connectivity index (χ4v) is 1.87. The van der Waals surface area contributed by atoms with E-state index in [2.05, 4.69) is 36.3 Å². The molecular formula is C15H20N2O. The van der Waals surface area contributed by atoms with Gasteiger partial charge in [0.05, 0.1) is 6.61 Å². The summed E-state index contributed by atoms with van der Waals surface area (Å²) < 4.78 is 0. The van der Waals surface area contributed by atoms with Gasteiger partial charge in [-0.3, -0.25) is 4.98 Å². The molecule has 1 heterocycles. The van der Waals surface area contributed by atoms with Gasteiger partial charge in [-0.2, -0.15) is 0 Å². The number of fused-ring (bicyclic) bond motifs is 1. The van der Waals surface area contributed by atoms with Crippen molar-refractivity contribution in [3.63, 3.8) is 0 Å². The van der Waals surface area contributed by atoms with Crippen molar-refractivity contribution in [2.45, 2.75) is 20.3 Å². The maximum atomic E-state index is 9.42. The average Bonchev–Trinajstić information content (AvgIpc) is 2.44. The van der Waals surface area contributed by atoms with E-state index in [-0.39, 0.29) is 12.0 Å². The molecule has 1 unspecified atom stereocenters. The second-order valence-corrected chi connectivity index (χ2v) is 5.08. The molecule has 2 rings (SSSR count). The van der Waals surface area contributed by atoms with Crippen molar-refractivity contribution in [1.82, 2.24) is 4.98 Å². The quantitative estimate of drug-likeness (QED) is 0.849. The third kappa shape index (κ3) is 2.62. The van der Waals surface area contributed by atoms with Crippen LogP contribution < -0.4 is 5.32 Å². The lowest BCUT2D eigenvalue weighted by atomic mass is 9.88. The topological polar surface area (TPSA) is 45.1 Å². The highest BCUT2D eigenvalue weighted by atomic mass is 16.3. The second kappa shape index (κ2) is 5.36. The SMILES string of the molecule is CCC(C)(CO)CNc1cccc2ccncc12. The van der Waals surface area contributed by atoms with Crippen molar-refractivity contribution in [3.05, 3.63) is 36.7 Å². The first kappa shape index (κ1) is 12.8. The number of anilines is 1. The lowest BCUT2D eigenvalue weighted by Crippen LogP contribution is -2.29. The van der Waals surface area contributed by atoms with E-state index < -0.39 is 0 Å². The van der Waals surface area contributed by atoms with Gasteiger partial charge in [0.1, 0.15) is 0 Å². The van der Waals surface area contributed by atoms with Crippen LogP contribution in [0.15, 0.2) is 36.7 Å². The summed E-state index contributed by atoms with van der Waals surface area (Å²) in [5, 5.41) is 15.2. The fraction of sp³-hybridized carbons (Fsp3) is 0.400. The van der Waals surface area contributed by atoms with Crippen LogP contribution in [-0.4, -0.2) is 23.2 Å². The molecule has 3 heteroatoms. The lowest BCUT2D eigenvalue weighted by Gasteiger charge is -2.26. The number of benzene rings is 1. The molecule has 0 saturated heterocycles. The van der Waals surface area contributed by atoms with Crippen LogP contribution in [-0.2, 0) is 0 Å². The summed E-state index contributed by atoms with van der Waals surface area (Å²) in [4.78, 5) is 4.17. The number of nitrogens with zero attached hydrogens (tertiary/aromatic N) is 1. The number of rotatable bonds is 5. The van der Waals surface area contributed by atoms with E-state index in [1.165, 1.54) is 5.39 Å². The molecule has 0 aliphatic rings. The van der Waals surface area contributed by atoms with Crippen molar-refractivity contribution < 1.29 is 5.11 Å². The zero-order valence-corrected chi connectivity index (χ0v) is 11.0. The smallest absolute Gasteiger partial charge is 0.0501 e. The zero-order chi connectivity index (χ0) is 13.0. The summed E-state index contributed by atoms with van der Waals surface area (Å²) in [7, 11) is 0. The second-order valence-electron chi connectivity index (χ2n) is 5.08. The van der Waals surface area contributed by atoms with Gasteiger partial charge >= 0.3 is 0 Å². The fourth-order valence-electron chi connectivity index (χ4n) is 1.87. The van der Waals surface area contributed by atoms with Crippen molar-refractivity contribution in [3.8, 4) is 0 Å². The first-order valence-corrected chi connectivity index (χ1v) is 6.36. The Bertz CT molecular complexity index is 515. The number of aliphatic hydroxyl groups is 1. The van der Waals surface area contributed by atoms with Gasteiger partial charge in [0.2, 0.25) is 0 Å². The Morgan fingerprint density at radius 1 is 1.33 bits per heavy atom. The molecule has 96 valence electrons. The molecule has 0 radical (unpaired) electrons. The lowest BCUT2D eigenvalue weighted by molar-refractivity contribution is 0.149. The molecule has 18 heavy (non-hydrogen) atoms. The molecular weight excluding hydrogens is 224 g/mol. The molecule has 1 aromatic carbocycles. The maximum Gasteiger partial charge on any atom is 0.0501 e. The predicted octanol–water partition coefficient (Wildman–Crippen LogP) is 3.06. The number of pyridine rings is 1. The van der Waals surface area contributed by atoms with Crippen molar-refractivity contribution in [1.29, 1.82) is 0 Å². The van der Waals surface area contributed by atoms with Gasteiger partial charge in [-0.25, -0.2) is 0 Å². The standard InChI is InChI=1S/C15H20N2O/c1-3-15(2,11-18)10-17-14-6-4-5-12-7-8-16-9-13(12)14/h4-9,17-18H,3,10-11H2,1-2H3. The molecule has 0 aliphatic carbocycles. The Labute approximate surface area is 108 Å². The molecule has 2 N–H and O–H groups in total. The van der Waals surface area contributed by atoms with E-state index in [1.807, 2.05) is 18.3 Å². The molecule has 0 bridgehead atoms. The van der Waals surface area contributed by atoms with E-state index >= 15 is 0 Å². The first-order chi connectivity index (χ1) is 8.68. The Balaban J connectivity index is 2.22. The number of nitrogens with one attached hydrogen (secondary N) is 1. The van der Waals surface area contributed by atoms with Crippen molar-refractivity contribution in [2.24, 2.45) is 5.41 Å². The van der Waals surface area contributed by atoms with Crippen molar-refractivity contribution >= 4 is 16.5 Å². The number of aliphatic hydroxyl groups excluding tert-OH is 1. The minimum Gasteiger partial charge on any atom is -0.396 e. The Kier molecular flexibility index (Phi) is 3.82. The van der Waals surface area contributed by atoms with E-state index in [4.69, 9.17) is 0 Å². The van der Waals surface area contributed by atoms with Crippen LogP contribution in [0.2, 0.25) is 0 Å². The highest BCUT2D eigenvalue weighted by molar-refractivity contribution is 5.93. The average molecular weight is 244 g/mol. The summed E-state index contributed by atoms with van der Waals surface area (Å²) in [6.45, 7) is 5.14. The van der Waals surface area contributed by atoms with Gasteiger partial charge in [0, 0.05) is 35.4 Å². The number of hydrogen-bond acceptors (Lipinski definition) is 3. The molecule has 0 amide bonds. The van der Waals surface area contributed by atoms with Crippen molar-refractivity contribution in [2.75, 3.05) is 18.5 Å². The molecule has 2 aromatic rings. The highest BCUT2D eigenvalue weighted by Crippen LogP contribution is 2.25. The molecule has 0 fully saturated rings. The van der Waals surface area contributed by atoms with E-state index in [0.717, 1.165) is 24.0 Å². The normalized spacial score (nSPS) is 14.4. The molecule has 3 nitrogen and oxygen atoms in total. The third-order valence-corrected chi connectivity index (χ3v) is 3.62. The van der Waals surface area contributed by atoms with Crippen LogP contribution in [0, 0.1) is 5.41 Å².